The third kappa shape index (κ3) is 3.06. The molecule has 2 aromatic rings. The van der Waals surface area contributed by atoms with E-state index in [1.807, 2.05) is 61.5 Å². The minimum atomic E-state index is -0.303. The molecule has 0 aromatic heterocycles. The van der Waals surface area contributed by atoms with Crippen molar-refractivity contribution in [3.8, 4) is 0 Å². The number of hydrogen-bond acceptors (Lipinski definition) is 2. The van der Waals surface area contributed by atoms with Crippen LogP contribution in [0.2, 0.25) is 0 Å². The largest absolute Gasteiger partial charge is 0.329 e. The lowest BCUT2D eigenvalue weighted by atomic mass is 9.97. The molecule has 0 fully saturated rings. The normalized spacial score (nSPS) is 11.9. The van der Waals surface area contributed by atoms with Crippen LogP contribution in [0.1, 0.15) is 17.0 Å². The standard InChI is InChI=1S/C17H20N2O/c1-13-8-10-15(11-9-13)19(2)17(20)16(12-18)14-6-4-3-5-7-14/h3-11,16H,12,18H2,1-2H3. The van der Waals surface area contributed by atoms with Crippen LogP contribution in [0.15, 0.2) is 54.6 Å². The van der Waals surface area contributed by atoms with Gasteiger partial charge in [0, 0.05) is 19.3 Å². The third-order valence-electron chi connectivity index (χ3n) is 3.49. The van der Waals surface area contributed by atoms with E-state index in [1.165, 1.54) is 5.56 Å². The second-order valence-corrected chi connectivity index (χ2v) is 4.93. The van der Waals surface area contributed by atoms with Crippen molar-refractivity contribution in [3.05, 3.63) is 65.7 Å². The lowest BCUT2D eigenvalue weighted by Crippen LogP contribution is -2.35. The topological polar surface area (TPSA) is 46.3 Å². The van der Waals surface area contributed by atoms with Gasteiger partial charge in [0.2, 0.25) is 5.91 Å². The van der Waals surface area contributed by atoms with E-state index in [4.69, 9.17) is 5.73 Å². The Kier molecular flexibility index (Phi) is 4.53. The molecule has 0 aliphatic heterocycles. The summed E-state index contributed by atoms with van der Waals surface area (Å²) in [5.74, 6) is -0.287. The first-order valence-electron chi connectivity index (χ1n) is 6.72. The average Bonchev–Trinajstić information content (AvgIpc) is 2.49. The van der Waals surface area contributed by atoms with Crippen molar-refractivity contribution in [2.45, 2.75) is 12.8 Å². The number of rotatable bonds is 4. The molecule has 0 spiro atoms. The highest BCUT2D eigenvalue weighted by Gasteiger charge is 2.23. The molecule has 2 aromatic carbocycles. The van der Waals surface area contributed by atoms with Crippen LogP contribution in [-0.2, 0) is 4.79 Å². The molecule has 3 nitrogen and oxygen atoms in total. The fourth-order valence-electron chi connectivity index (χ4n) is 2.19. The number of likely N-dealkylation sites (N-methyl/N-ethyl adjacent to an activating group) is 1. The Hall–Kier alpha value is -2.13. The zero-order valence-electron chi connectivity index (χ0n) is 11.9. The van der Waals surface area contributed by atoms with Gasteiger partial charge in [-0.05, 0) is 24.6 Å². The molecule has 3 heteroatoms. The number of hydrogen-bond donors (Lipinski definition) is 1. The Morgan fingerprint density at radius 1 is 1.10 bits per heavy atom. The number of nitrogens with zero attached hydrogens (tertiary/aromatic N) is 1. The van der Waals surface area contributed by atoms with Crippen LogP contribution in [0.5, 0.6) is 0 Å². The van der Waals surface area contributed by atoms with Crippen LogP contribution < -0.4 is 10.6 Å². The smallest absolute Gasteiger partial charge is 0.235 e. The molecule has 0 aliphatic rings. The first-order chi connectivity index (χ1) is 9.63. The fourth-order valence-corrected chi connectivity index (χ4v) is 2.19. The Labute approximate surface area is 120 Å². The summed E-state index contributed by atoms with van der Waals surface area (Å²) in [6.45, 7) is 2.33. The van der Waals surface area contributed by atoms with Gasteiger partial charge in [0.25, 0.3) is 0 Å². The molecular formula is C17H20N2O. The zero-order chi connectivity index (χ0) is 14.5. The quantitative estimate of drug-likeness (QED) is 0.926. The molecule has 1 amide bonds. The summed E-state index contributed by atoms with van der Waals surface area (Å²) in [5.41, 5.74) is 8.81. The maximum atomic E-state index is 12.6. The van der Waals surface area contributed by atoms with Gasteiger partial charge in [-0.25, -0.2) is 0 Å². The SMILES string of the molecule is Cc1ccc(N(C)C(=O)C(CN)c2ccccc2)cc1. The highest BCUT2D eigenvalue weighted by molar-refractivity contribution is 5.97. The van der Waals surface area contributed by atoms with Gasteiger partial charge >= 0.3 is 0 Å². The van der Waals surface area contributed by atoms with Crippen LogP contribution in [0.25, 0.3) is 0 Å². The average molecular weight is 268 g/mol. The van der Waals surface area contributed by atoms with E-state index in [0.29, 0.717) is 6.54 Å². The van der Waals surface area contributed by atoms with Crippen molar-refractivity contribution in [2.24, 2.45) is 5.73 Å². The van der Waals surface area contributed by atoms with E-state index in [9.17, 15) is 4.79 Å². The summed E-state index contributed by atoms with van der Waals surface area (Å²) in [6, 6.07) is 17.6. The number of carbonyl (C=O) groups excluding carboxylic acids is 1. The van der Waals surface area contributed by atoms with Crippen molar-refractivity contribution < 1.29 is 4.79 Å². The highest BCUT2D eigenvalue weighted by Crippen LogP contribution is 2.21. The van der Waals surface area contributed by atoms with Crippen molar-refractivity contribution in [1.82, 2.24) is 0 Å². The monoisotopic (exact) mass is 268 g/mol. The van der Waals surface area contributed by atoms with Gasteiger partial charge in [0.15, 0.2) is 0 Å². The molecule has 20 heavy (non-hydrogen) atoms. The summed E-state index contributed by atoms with van der Waals surface area (Å²) >= 11 is 0. The minimum absolute atomic E-state index is 0.0163. The van der Waals surface area contributed by atoms with Gasteiger partial charge in [0.05, 0.1) is 5.92 Å². The Bertz CT molecular complexity index is 563. The van der Waals surface area contributed by atoms with Crippen molar-refractivity contribution >= 4 is 11.6 Å². The van der Waals surface area contributed by atoms with E-state index in [1.54, 1.807) is 11.9 Å². The highest BCUT2D eigenvalue weighted by atomic mass is 16.2. The lowest BCUT2D eigenvalue weighted by molar-refractivity contribution is -0.119. The van der Waals surface area contributed by atoms with Gasteiger partial charge in [-0.1, -0.05) is 48.0 Å². The predicted octanol–water partition coefficient (Wildman–Crippen LogP) is 2.70. The molecule has 0 saturated heterocycles. The number of carbonyl (C=O) groups is 1. The van der Waals surface area contributed by atoms with E-state index in [-0.39, 0.29) is 11.8 Å². The van der Waals surface area contributed by atoms with Gasteiger partial charge in [0.1, 0.15) is 0 Å². The Morgan fingerprint density at radius 2 is 1.70 bits per heavy atom. The minimum Gasteiger partial charge on any atom is -0.329 e. The van der Waals surface area contributed by atoms with Crippen molar-refractivity contribution in [3.63, 3.8) is 0 Å². The van der Waals surface area contributed by atoms with Crippen LogP contribution >= 0.6 is 0 Å². The van der Waals surface area contributed by atoms with Gasteiger partial charge < -0.3 is 10.6 Å². The Morgan fingerprint density at radius 3 is 2.25 bits per heavy atom. The third-order valence-corrected chi connectivity index (χ3v) is 3.49. The van der Waals surface area contributed by atoms with Crippen LogP contribution in [0.4, 0.5) is 5.69 Å². The molecule has 2 N–H and O–H groups in total. The molecule has 104 valence electrons. The Balaban J connectivity index is 2.22. The molecular weight excluding hydrogens is 248 g/mol. The summed E-state index contributed by atoms with van der Waals surface area (Å²) in [5, 5.41) is 0. The molecule has 2 rings (SSSR count). The van der Waals surface area contributed by atoms with Crippen molar-refractivity contribution in [2.75, 3.05) is 18.5 Å². The fraction of sp³-hybridized carbons (Fsp3) is 0.235. The summed E-state index contributed by atoms with van der Waals surface area (Å²) < 4.78 is 0. The second kappa shape index (κ2) is 6.35. The van der Waals surface area contributed by atoms with Crippen LogP contribution in [-0.4, -0.2) is 19.5 Å². The first-order valence-corrected chi connectivity index (χ1v) is 6.72. The summed E-state index contributed by atoms with van der Waals surface area (Å²) in [4.78, 5) is 14.3. The zero-order valence-corrected chi connectivity index (χ0v) is 11.9. The lowest BCUT2D eigenvalue weighted by Gasteiger charge is -2.23. The summed E-state index contributed by atoms with van der Waals surface area (Å²) in [6.07, 6.45) is 0. The maximum absolute atomic E-state index is 12.6. The maximum Gasteiger partial charge on any atom is 0.235 e. The molecule has 1 unspecified atom stereocenters. The van der Waals surface area contributed by atoms with Gasteiger partial charge in [-0.15, -0.1) is 0 Å². The van der Waals surface area contributed by atoms with Gasteiger partial charge in [-0.2, -0.15) is 0 Å². The number of nitrogens with two attached hydrogens (primary N) is 1. The number of aryl methyl sites for hydroxylation is 1. The first kappa shape index (κ1) is 14.3. The molecule has 0 aliphatic carbocycles. The van der Waals surface area contributed by atoms with Crippen LogP contribution in [0, 0.1) is 6.92 Å². The van der Waals surface area contributed by atoms with E-state index in [2.05, 4.69) is 0 Å². The molecule has 1 atom stereocenters. The van der Waals surface area contributed by atoms with Crippen molar-refractivity contribution in [1.29, 1.82) is 0 Å². The second-order valence-electron chi connectivity index (χ2n) is 4.93. The molecule has 0 bridgehead atoms. The predicted molar refractivity (Wildman–Crippen MR) is 82.8 cm³/mol. The van der Waals surface area contributed by atoms with Crippen LogP contribution in [0.3, 0.4) is 0 Å². The summed E-state index contributed by atoms with van der Waals surface area (Å²) in [7, 11) is 1.79. The van der Waals surface area contributed by atoms with E-state index >= 15 is 0 Å². The molecule has 0 heterocycles. The number of benzene rings is 2. The number of amides is 1. The van der Waals surface area contributed by atoms with E-state index < -0.39 is 0 Å². The number of anilines is 1. The van der Waals surface area contributed by atoms with E-state index in [0.717, 1.165) is 11.3 Å². The molecule has 0 radical (unpaired) electrons. The van der Waals surface area contributed by atoms with Gasteiger partial charge in [-0.3, -0.25) is 4.79 Å². The molecule has 0 saturated carbocycles.